The maximum Gasteiger partial charge on any atom is 0.339 e. The third-order valence-corrected chi connectivity index (χ3v) is 3.58. The van der Waals surface area contributed by atoms with Crippen LogP contribution in [0.5, 0.6) is 5.75 Å². The molecule has 0 aliphatic rings. The number of anilines is 1. The molecular weight excluding hydrogens is 403 g/mol. The van der Waals surface area contributed by atoms with Crippen LogP contribution in [-0.2, 0) is 9.59 Å². The number of benzene rings is 1. The Labute approximate surface area is 141 Å². The van der Waals surface area contributed by atoms with Gasteiger partial charge in [0.05, 0.1) is 4.43 Å². The van der Waals surface area contributed by atoms with Gasteiger partial charge in [0.1, 0.15) is 17.4 Å². The highest BCUT2D eigenvalue weighted by Gasteiger charge is 2.24. The van der Waals surface area contributed by atoms with Gasteiger partial charge >= 0.3 is 5.97 Å². The van der Waals surface area contributed by atoms with Gasteiger partial charge in [0.15, 0.2) is 0 Å². The van der Waals surface area contributed by atoms with Gasteiger partial charge in [-0.15, -0.1) is 0 Å². The molecule has 1 aromatic carbocycles. The largest absolute Gasteiger partial charge is 0.507 e. The van der Waals surface area contributed by atoms with Gasteiger partial charge in [-0.25, -0.2) is 4.79 Å². The van der Waals surface area contributed by atoms with Crippen LogP contribution in [0.3, 0.4) is 0 Å². The second kappa shape index (κ2) is 7.97. The zero-order chi connectivity index (χ0) is 16.9. The van der Waals surface area contributed by atoms with E-state index < -0.39 is 23.7 Å². The van der Waals surface area contributed by atoms with Crippen LogP contribution < -0.4 is 10.6 Å². The molecule has 0 radical (unpaired) electrons. The average Bonchev–Trinajstić information content (AvgIpc) is 2.43. The molecule has 0 fully saturated rings. The van der Waals surface area contributed by atoms with Crippen molar-refractivity contribution in [2.24, 2.45) is 5.92 Å². The zero-order valence-corrected chi connectivity index (χ0v) is 14.2. The van der Waals surface area contributed by atoms with E-state index in [0.717, 1.165) is 6.07 Å². The summed E-state index contributed by atoms with van der Waals surface area (Å²) in [6.45, 7) is 3.59. The van der Waals surface area contributed by atoms with Gasteiger partial charge in [0.25, 0.3) is 0 Å². The lowest BCUT2D eigenvalue weighted by molar-refractivity contribution is -0.125. The first-order chi connectivity index (χ1) is 10.3. The summed E-state index contributed by atoms with van der Waals surface area (Å²) in [5.41, 5.74) is -0.00139. The number of amides is 2. The van der Waals surface area contributed by atoms with Crippen molar-refractivity contribution in [3.05, 3.63) is 23.8 Å². The normalized spacial score (nSPS) is 11.8. The molecule has 7 nitrogen and oxygen atoms in total. The standard InChI is InChI=1S/C14H17IN2O5/c1-7(2)12(17-11(19)6-15)13(20)16-8-3-4-9(14(21)22)10(18)5-8/h3-5,7,12,18H,6H2,1-2H3,(H,16,20)(H,17,19)(H,21,22)/t12-/m0/s1. The highest BCUT2D eigenvalue weighted by Crippen LogP contribution is 2.22. The Hall–Kier alpha value is -1.84. The van der Waals surface area contributed by atoms with Crippen LogP contribution in [-0.4, -0.2) is 38.5 Å². The van der Waals surface area contributed by atoms with E-state index in [9.17, 15) is 19.5 Å². The van der Waals surface area contributed by atoms with Crippen molar-refractivity contribution in [2.75, 3.05) is 9.74 Å². The maximum absolute atomic E-state index is 12.2. The first kappa shape index (κ1) is 18.2. The molecule has 1 atom stereocenters. The smallest absolute Gasteiger partial charge is 0.339 e. The van der Waals surface area contributed by atoms with Gasteiger partial charge in [-0.1, -0.05) is 36.4 Å². The highest BCUT2D eigenvalue weighted by atomic mass is 127. The molecule has 0 saturated carbocycles. The second-order valence-corrected chi connectivity index (χ2v) is 5.71. The van der Waals surface area contributed by atoms with Crippen LogP contribution in [0, 0.1) is 5.92 Å². The summed E-state index contributed by atoms with van der Waals surface area (Å²) < 4.78 is 0.238. The molecule has 0 spiro atoms. The second-order valence-electron chi connectivity index (χ2n) is 4.95. The Morgan fingerprint density at radius 1 is 1.27 bits per heavy atom. The van der Waals surface area contributed by atoms with Crippen LogP contribution in [0.1, 0.15) is 24.2 Å². The number of carboxylic acid groups (broad SMARTS) is 1. The van der Waals surface area contributed by atoms with Crippen LogP contribution in [0.15, 0.2) is 18.2 Å². The Bertz CT molecular complexity index is 589. The Kier molecular flexibility index (Phi) is 6.60. The summed E-state index contributed by atoms with van der Waals surface area (Å²) in [6, 6.07) is 3.00. The summed E-state index contributed by atoms with van der Waals surface area (Å²) in [6.07, 6.45) is 0. The molecule has 1 rings (SSSR count). The molecule has 4 N–H and O–H groups in total. The number of aromatic carboxylic acids is 1. The lowest BCUT2D eigenvalue weighted by atomic mass is 10.0. The number of carbonyl (C=O) groups is 3. The molecule has 120 valence electrons. The van der Waals surface area contributed by atoms with E-state index in [-0.39, 0.29) is 27.5 Å². The number of halogens is 1. The van der Waals surface area contributed by atoms with Crippen molar-refractivity contribution >= 4 is 46.1 Å². The molecule has 0 heterocycles. The molecule has 0 unspecified atom stereocenters. The predicted molar refractivity (Wildman–Crippen MR) is 89.4 cm³/mol. The van der Waals surface area contributed by atoms with Gasteiger partial charge in [0, 0.05) is 11.8 Å². The van der Waals surface area contributed by atoms with Crippen LogP contribution >= 0.6 is 22.6 Å². The molecule has 0 saturated heterocycles. The van der Waals surface area contributed by atoms with Gasteiger partial charge in [-0.3, -0.25) is 9.59 Å². The van der Waals surface area contributed by atoms with E-state index in [1.54, 1.807) is 13.8 Å². The maximum atomic E-state index is 12.2. The van der Waals surface area contributed by atoms with Gasteiger partial charge in [-0.05, 0) is 18.1 Å². The first-order valence-corrected chi connectivity index (χ1v) is 8.01. The highest BCUT2D eigenvalue weighted by molar-refractivity contribution is 14.1. The van der Waals surface area contributed by atoms with Crippen molar-refractivity contribution in [3.63, 3.8) is 0 Å². The topological polar surface area (TPSA) is 116 Å². The van der Waals surface area contributed by atoms with E-state index >= 15 is 0 Å². The van der Waals surface area contributed by atoms with Crippen LogP contribution in [0.2, 0.25) is 0 Å². The number of hydrogen-bond acceptors (Lipinski definition) is 4. The summed E-state index contributed by atoms with van der Waals surface area (Å²) in [5.74, 6) is -2.51. The lowest BCUT2D eigenvalue weighted by Crippen LogP contribution is -2.47. The number of hydrogen-bond donors (Lipinski definition) is 4. The average molecular weight is 420 g/mol. The van der Waals surface area contributed by atoms with E-state index in [1.165, 1.54) is 12.1 Å². The third kappa shape index (κ3) is 4.86. The number of carboxylic acids is 1. The molecule has 0 aromatic heterocycles. The van der Waals surface area contributed by atoms with E-state index in [4.69, 9.17) is 5.11 Å². The van der Waals surface area contributed by atoms with Gasteiger partial charge < -0.3 is 20.8 Å². The Morgan fingerprint density at radius 2 is 1.91 bits per heavy atom. The number of carbonyl (C=O) groups excluding carboxylic acids is 2. The fourth-order valence-corrected chi connectivity index (χ4v) is 1.98. The molecule has 2 amide bonds. The fourth-order valence-electron chi connectivity index (χ4n) is 1.76. The van der Waals surface area contributed by atoms with E-state index in [1.807, 2.05) is 22.6 Å². The molecule has 1 aromatic rings. The first-order valence-electron chi connectivity index (χ1n) is 6.48. The van der Waals surface area contributed by atoms with Crippen molar-refractivity contribution in [1.82, 2.24) is 5.32 Å². The zero-order valence-electron chi connectivity index (χ0n) is 12.1. The van der Waals surface area contributed by atoms with E-state index in [2.05, 4.69) is 10.6 Å². The van der Waals surface area contributed by atoms with Crippen molar-refractivity contribution < 1.29 is 24.6 Å². The third-order valence-electron chi connectivity index (χ3n) is 2.88. The minimum Gasteiger partial charge on any atom is -0.507 e. The summed E-state index contributed by atoms with van der Waals surface area (Å²) in [7, 11) is 0. The summed E-state index contributed by atoms with van der Waals surface area (Å²) in [5, 5.41) is 23.6. The summed E-state index contributed by atoms with van der Waals surface area (Å²) in [4.78, 5) is 34.5. The number of alkyl halides is 1. The molecule has 8 heteroatoms. The molecule has 0 bridgehead atoms. The molecule has 22 heavy (non-hydrogen) atoms. The van der Waals surface area contributed by atoms with Gasteiger partial charge in [-0.2, -0.15) is 0 Å². The minimum atomic E-state index is -1.26. The quantitative estimate of drug-likeness (QED) is 0.412. The number of phenols is 1. The molecular formula is C14H17IN2O5. The van der Waals surface area contributed by atoms with Crippen LogP contribution in [0.25, 0.3) is 0 Å². The molecule has 0 aliphatic heterocycles. The van der Waals surface area contributed by atoms with Crippen molar-refractivity contribution in [3.8, 4) is 5.75 Å². The lowest BCUT2D eigenvalue weighted by Gasteiger charge is -2.21. The van der Waals surface area contributed by atoms with Crippen molar-refractivity contribution in [2.45, 2.75) is 19.9 Å². The monoisotopic (exact) mass is 420 g/mol. The van der Waals surface area contributed by atoms with E-state index in [0.29, 0.717) is 0 Å². The fraction of sp³-hybridized carbons (Fsp3) is 0.357. The molecule has 0 aliphatic carbocycles. The number of nitrogens with one attached hydrogen (secondary N) is 2. The van der Waals surface area contributed by atoms with Crippen LogP contribution in [0.4, 0.5) is 5.69 Å². The number of aromatic hydroxyl groups is 1. The summed E-state index contributed by atoms with van der Waals surface area (Å²) >= 11 is 1.90. The Morgan fingerprint density at radius 3 is 2.36 bits per heavy atom. The number of rotatable bonds is 6. The Balaban J connectivity index is 2.87. The van der Waals surface area contributed by atoms with Crippen molar-refractivity contribution in [1.29, 1.82) is 0 Å². The minimum absolute atomic E-state index is 0.126. The predicted octanol–water partition coefficient (Wildman–Crippen LogP) is 1.60. The van der Waals surface area contributed by atoms with Gasteiger partial charge in [0.2, 0.25) is 11.8 Å². The SMILES string of the molecule is CC(C)[C@H](NC(=O)CI)C(=O)Nc1ccc(C(=O)O)c(O)c1.